The van der Waals surface area contributed by atoms with Gasteiger partial charge in [0.05, 0.1) is 7.11 Å². The number of benzene rings is 1. The molecule has 1 atom stereocenters. The lowest BCUT2D eigenvalue weighted by atomic mass is 10.1. The lowest BCUT2D eigenvalue weighted by Crippen LogP contribution is -2.44. The zero-order valence-electron chi connectivity index (χ0n) is 14.2. The molecule has 4 nitrogen and oxygen atoms in total. The highest BCUT2D eigenvalue weighted by molar-refractivity contribution is 6.74. The van der Waals surface area contributed by atoms with Gasteiger partial charge in [0.25, 0.3) is 5.78 Å². The molecule has 0 radical (unpaired) electrons. The van der Waals surface area contributed by atoms with Crippen molar-refractivity contribution in [2.75, 3.05) is 7.11 Å². The Bertz CT molecular complexity index is 588. The second kappa shape index (κ2) is 6.88. The van der Waals surface area contributed by atoms with Crippen LogP contribution in [0.5, 0.6) is 0 Å². The van der Waals surface area contributed by atoms with E-state index in [9.17, 15) is 18.4 Å². The third-order valence-electron chi connectivity index (χ3n) is 4.03. The van der Waals surface area contributed by atoms with E-state index in [4.69, 9.17) is 4.43 Å². The first-order valence-electron chi connectivity index (χ1n) is 7.15. The fourth-order valence-electron chi connectivity index (χ4n) is 1.68. The molecule has 0 heterocycles. The first-order valence-corrected chi connectivity index (χ1v) is 10.1. The SMILES string of the molecule is COC(=O)C(=O)C(O[Si](C)(C)C(C)(C)C)c1cc(F)cc(F)c1. The number of carbonyl (C=O) groups excluding carboxylic acids is 2. The molecule has 0 aliphatic carbocycles. The molecule has 1 unspecified atom stereocenters. The first-order chi connectivity index (χ1) is 10.4. The van der Waals surface area contributed by atoms with Gasteiger partial charge in [-0.3, -0.25) is 4.79 Å². The summed E-state index contributed by atoms with van der Waals surface area (Å²) in [4.78, 5) is 23.9. The van der Waals surface area contributed by atoms with Gasteiger partial charge in [-0.15, -0.1) is 0 Å². The molecule has 0 aromatic heterocycles. The maximum Gasteiger partial charge on any atom is 0.377 e. The van der Waals surface area contributed by atoms with Crippen LogP contribution < -0.4 is 0 Å². The molecular formula is C16H22F2O4Si. The van der Waals surface area contributed by atoms with Gasteiger partial charge in [-0.05, 0) is 35.8 Å². The van der Waals surface area contributed by atoms with Gasteiger partial charge in [0.15, 0.2) is 8.32 Å². The molecule has 0 spiro atoms. The Kier molecular flexibility index (Phi) is 5.82. The molecule has 0 bridgehead atoms. The molecule has 0 aliphatic heterocycles. The summed E-state index contributed by atoms with van der Waals surface area (Å²) in [5, 5.41) is -0.256. The van der Waals surface area contributed by atoms with Gasteiger partial charge in [0.1, 0.15) is 17.7 Å². The Balaban J connectivity index is 3.33. The van der Waals surface area contributed by atoms with Crippen molar-refractivity contribution in [2.45, 2.75) is 45.0 Å². The fraction of sp³-hybridized carbons (Fsp3) is 0.500. The van der Waals surface area contributed by atoms with Crippen molar-refractivity contribution in [3.8, 4) is 0 Å². The molecular weight excluding hydrogens is 322 g/mol. The predicted molar refractivity (Wildman–Crippen MR) is 84.4 cm³/mol. The van der Waals surface area contributed by atoms with Crippen LogP contribution in [0.3, 0.4) is 0 Å². The summed E-state index contributed by atoms with van der Waals surface area (Å²) in [6.07, 6.45) is -1.39. The third kappa shape index (κ3) is 4.68. The molecule has 0 N–H and O–H groups in total. The van der Waals surface area contributed by atoms with E-state index in [0.29, 0.717) is 6.07 Å². The van der Waals surface area contributed by atoms with Crippen LogP contribution in [0.2, 0.25) is 18.1 Å². The Hall–Kier alpha value is -1.60. The van der Waals surface area contributed by atoms with E-state index in [1.807, 2.05) is 33.9 Å². The number of methoxy groups -OCH3 is 1. The first kappa shape index (κ1) is 19.4. The molecule has 23 heavy (non-hydrogen) atoms. The minimum absolute atomic E-state index is 0.0391. The van der Waals surface area contributed by atoms with Crippen molar-refractivity contribution in [3.05, 3.63) is 35.4 Å². The average molecular weight is 344 g/mol. The minimum Gasteiger partial charge on any atom is -0.463 e. The van der Waals surface area contributed by atoms with Gasteiger partial charge in [0.2, 0.25) is 0 Å². The molecule has 1 aromatic rings. The number of hydrogen-bond donors (Lipinski definition) is 0. The maximum atomic E-state index is 13.5. The van der Waals surface area contributed by atoms with Crippen LogP contribution in [0.15, 0.2) is 18.2 Å². The van der Waals surface area contributed by atoms with E-state index in [2.05, 4.69) is 4.74 Å². The highest BCUT2D eigenvalue weighted by atomic mass is 28.4. The van der Waals surface area contributed by atoms with E-state index >= 15 is 0 Å². The van der Waals surface area contributed by atoms with E-state index in [1.165, 1.54) is 0 Å². The number of rotatable bonds is 5. The Morgan fingerprint density at radius 2 is 1.57 bits per heavy atom. The van der Waals surface area contributed by atoms with Crippen LogP contribution in [-0.4, -0.2) is 27.2 Å². The number of halogens is 2. The molecule has 0 saturated heterocycles. The topological polar surface area (TPSA) is 52.6 Å². The minimum atomic E-state index is -2.48. The van der Waals surface area contributed by atoms with Gasteiger partial charge in [-0.2, -0.15) is 0 Å². The average Bonchev–Trinajstić information content (AvgIpc) is 2.40. The number of ether oxygens (including phenoxy) is 1. The van der Waals surface area contributed by atoms with Crippen molar-refractivity contribution in [1.29, 1.82) is 0 Å². The summed E-state index contributed by atoms with van der Waals surface area (Å²) in [5.74, 6) is -3.79. The van der Waals surface area contributed by atoms with Gasteiger partial charge >= 0.3 is 5.97 Å². The van der Waals surface area contributed by atoms with Crippen molar-refractivity contribution in [1.82, 2.24) is 0 Å². The summed E-state index contributed by atoms with van der Waals surface area (Å²) in [7, 11) is -1.42. The van der Waals surface area contributed by atoms with Crippen molar-refractivity contribution in [2.24, 2.45) is 0 Å². The molecule has 0 amide bonds. The maximum absolute atomic E-state index is 13.5. The van der Waals surface area contributed by atoms with Crippen LogP contribution >= 0.6 is 0 Å². The number of Topliss-reactive ketones (excluding diaryl/α,β-unsaturated/α-hetero) is 1. The van der Waals surface area contributed by atoms with Crippen LogP contribution in [-0.2, 0) is 18.8 Å². The van der Waals surface area contributed by atoms with Crippen molar-refractivity contribution in [3.63, 3.8) is 0 Å². The number of esters is 1. The molecule has 1 aromatic carbocycles. The van der Waals surface area contributed by atoms with Crippen molar-refractivity contribution < 1.29 is 27.5 Å². The van der Waals surface area contributed by atoms with E-state index in [-0.39, 0.29) is 10.6 Å². The zero-order valence-corrected chi connectivity index (χ0v) is 15.2. The lowest BCUT2D eigenvalue weighted by Gasteiger charge is -2.38. The Morgan fingerprint density at radius 1 is 1.09 bits per heavy atom. The summed E-state index contributed by atoms with van der Waals surface area (Å²) in [6, 6.07) is 2.67. The molecule has 0 aliphatic rings. The summed E-state index contributed by atoms with van der Waals surface area (Å²) < 4.78 is 37.4. The van der Waals surface area contributed by atoms with Crippen LogP contribution in [0.25, 0.3) is 0 Å². The summed E-state index contributed by atoms with van der Waals surface area (Å²) in [5.41, 5.74) is -0.0391. The normalized spacial score (nSPS) is 13.6. The van der Waals surface area contributed by atoms with Crippen LogP contribution in [0.4, 0.5) is 8.78 Å². The zero-order chi connectivity index (χ0) is 18.0. The van der Waals surface area contributed by atoms with Crippen LogP contribution in [0.1, 0.15) is 32.4 Å². The highest BCUT2D eigenvalue weighted by Gasteiger charge is 2.42. The third-order valence-corrected chi connectivity index (χ3v) is 8.47. The fourth-order valence-corrected chi connectivity index (χ4v) is 2.86. The quantitative estimate of drug-likeness (QED) is 0.463. The number of hydrogen-bond acceptors (Lipinski definition) is 4. The monoisotopic (exact) mass is 344 g/mol. The van der Waals surface area contributed by atoms with E-state index < -0.39 is 37.8 Å². The van der Waals surface area contributed by atoms with Gasteiger partial charge < -0.3 is 9.16 Å². The summed E-state index contributed by atoms with van der Waals surface area (Å²) >= 11 is 0. The molecule has 1 rings (SSSR count). The van der Waals surface area contributed by atoms with E-state index in [0.717, 1.165) is 19.2 Å². The predicted octanol–water partition coefficient (Wildman–Crippen LogP) is 3.77. The van der Waals surface area contributed by atoms with Gasteiger partial charge in [-0.1, -0.05) is 20.8 Å². The smallest absolute Gasteiger partial charge is 0.377 e. The molecule has 128 valence electrons. The second-order valence-electron chi connectivity index (χ2n) is 6.82. The second-order valence-corrected chi connectivity index (χ2v) is 11.6. The summed E-state index contributed by atoms with van der Waals surface area (Å²) in [6.45, 7) is 9.60. The van der Waals surface area contributed by atoms with Crippen molar-refractivity contribution >= 4 is 20.1 Å². The molecule has 7 heteroatoms. The Morgan fingerprint density at radius 3 is 1.96 bits per heavy atom. The standard InChI is InChI=1S/C16H22F2O4Si/c1-16(2,3)23(5,6)22-14(13(19)15(20)21-4)10-7-11(17)9-12(18)8-10/h7-9,14H,1-6H3. The molecule has 0 fully saturated rings. The van der Waals surface area contributed by atoms with E-state index in [1.54, 1.807) is 0 Å². The van der Waals surface area contributed by atoms with Crippen LogP contribution in [0, 0.1) is 11.6 Å². The van der Waals surface area contributed by atoms with Gasteiger partial charge in [0, 0.05) is 6.07 Å². The number of ketones is 1. The van der Waals surface area contributed by atoms with Gasteiger partial charge in [-0.25, -0.2) is 13.6 Å². The largest absolute Gasteiger partial charge is 0.463 e. The highest BCUT2D eigenvalue weighted by Crippen LogP contribution is 2.40. The lowest BCUT2D eigenvalue weighted by molar-refractivity contribution is -0.155. The Labute approximate surface area is 135 Å². The number of carbonyl (C=O) groups is 2. The molecule has 0 saturated carbocycles.